The van der Waals surface area contributed by atoms with Gasteiger partial charge in [-0.3, -0.25) is 9.36 Å². The van der Waals surface area contributed by atoms with Crippen LogP contribution in [0, 0.1) is 6.92 Å². The SMILES string of the molecule is Cc1ccc(C(NP(=O)(c2ccccc2)c2ccccc2)C(=O)c2ccco2)cc1. The molecular weight excluding hydrogens is 393 g/mol. The second-order valence-electron chi connectivity index (χ2n) is 7.09. The Morgan fingerprint density at radius 3 is 1.87 bits per heavy atom. The third kappa shape index (κ3) is 4.06. The van der Waals surface area contributed by atoms with E-state index in [2.05, 4.69) is 5.09 Å². The largest absolute Gasteiger partial charge is 0.461 e. The molecule has 30 heavy (non-hydrogen) atoms. The highest BCUT2D eigenvalue weighted by Gasteiger charge is 2.35. The van der Waals surface area contributed by atoms with Gasteiger partial charge in [0, 0.05) is 10.6 Å². The monoisotopic (exact) mass is 415 g/mol. The van der Waals surface area contributed by atoms with E-state index in [0.717, 1.165) is 11.1 Å². The summed E-state index contributed by atoms with van der Waals surface area (Å²) in [6.45, 7) is 1.99. The van der Waals surface area contributed by atoms with E-state index in [1.165, 1.54) is 6.26 Å². The Balaban J connectivity index is 1.83. The van der Waals surface area contributed by atoms with Gasteiger partial charge in [-0.05, 0) is 48.9 Å². The molecule has 0 aliphatic heterocycles. The van der Waals surface area contributed by atoms with Crippen LogP contribution in [-0.4, -0.2) is 5.78 Å². The first-order valence-corrected chi connectivity index (χ1v) is 11.4. The summed E-state index contributed by atoms with van der Waals surface area (Å²) in [6, 6.07) is 28.6. The number of hydrogen-bond donors (Lipinski definition) is 1. The summed E-state index contributed by atoms with van der Waals surface area (Å²) in [5, 5.41) is 4.51. The van der Waals surface area contributed by atoms with Gasteiger partial charge in [0.15, 0.2) is 5.76 Å². The average Bonchev–Trinajstić information content (AvgIpc) is 3.34. The molecule has 3 aromatic carbocycles. The maximum atomic E-state index is 14.4. The number of rotatable bonds is 7. The molecule has 0 spiro atoms. The van der Waals surface area contributed by atoms with Crippen LogP contribution < -0.4 is 15.7 Å². The minimum Gasteiger partial charge on any atom is -0.461 e. The van der Waals surface area contributed by atoms with Crippen LogP contribution >= 0.6 is 7.29 Å². The van der Waals surface area contributed by atoms with Gasteiger partial charge in [-0.2, -0.15) is 0 Å². The Morgan fingerprint density at radius 2 is 1.37 bits per heavy atom. The third-order valence-corrected chi connectivity index (χ3v) is 7.66. The zero-order valence-electron chi connectivity index (χ0n) is 16.6. The molecule has 150 valence electrons. The molecule has 0 saturated heterocycles. The molecular formula is C25H22NO3P. The van der Waals surface area contributed by atoms with Crippen molar-refractivity contribution >= 4 is 23.7 Å². The van der Waals surface area contributed by atoms with E-state index in [9.17, 15) is 9.36 Å². The quantitative estimate of drug-likeness (QED) is 0.340. The number of ketones is 1. The molecule has 1 N–H and O–H groups in total. The molecule has 1 aromatic heterocycles. The number of Topliss-reactive ketones (excluding diaryl/α,β-unsaturated/α-hetero) is 1. The van der Waals surface area contributed by atoms with Crippen LogP contribution in [0.15, 0.2) is 108 Å². The molecule has 0 aliphatic carbocycles. The van der Waals surface area contributed by atoms with Gasteiger partial charge in [0.05, 0.1) is 6.26 Å². The van der Waals surface area contributed by atoms with Crippen LogP contribution in [0.3, 0.4) is 0 Å². The molecule has 0 bridgehead atoms. The van der Waals surface area contributed by atoms with Crippen LogP contribution in [-0.2, 0) is 4.57 Å². The molecule has 1 heterocycles. The summed E-state index contributed by atoms with van der Waals surface area (Å²) in [4.78, 5) is 13.4. The zero-order valence-corrected chi connectivity index (χ0v) is 17.5. The van der Waals surface area contributed by atoms with Crippen molar-refractivity contribution in [3.05, 3.63) is 120 Å². The van der Waals surface area contributed by atoms with Crippen molar-refractivity contribution < 1.29 is 13.8 Å². The van der Waals surface area contributed by atoms with Crippen molar-refractivity contribution in [3.63, 3.8) is 0 Å². The number of hydrogen-bond acceptors (Lipinski definition) is 3. The fourth-order valence-electron chi connectivity index (χ4n) is 3.36. The molecule has 0 amide bonds. The molecule has 4 nitrogen and oxygen atoms in total. The van der Waals surface area contributed by atoms with Gasteiger partial charge in [-0.15, -0.1) is 0 Å². The van der Waals surface area contributed by atoms with Crippen LogP contribution in [0.25, 0.3) is 0 Å². The van der Waals surface area contributed by atoms with Crippen molar-refractivity contribution in [2.24, 2.45) is 0 Å². The maximum absolute atomic E-state index is 14.4. The standard InChI is InChI=1S/C25H22NO3P/c1-19-14-16-20(17-15-19)24(25(27)23-13-8-18-29-23)26-30(28,21-9-4-2-5-10-21)22-11-6-3-7-12-22/h2-18,24H,1H3,(H,26,28). The lowest BCUT2D eigenvalue weighted by Gasteiger charge is -2.26. The lowest BCUT2D eigenvalue weighted by atomic mass is 10.0. The molecule has 0 radical (unpaired) electrons. The maximum Gasteiger partial charge on any atom is 0.219 e. The molecule has 0 saturated carbocycles. The van der Waals surface area contributed by atoms with Gasteiger partial charge in [-0.1, -0.05) is 66.2 Å². The molecule has 0 fully saturated rings. The van der Waals surface area contributed by atoms with Gasteiger partial charge in [-0.25, -0.2) is 5.09 Å². The first kappa shape index (κ1) is 20.1. The lowest BCUT2D eigenvalue weighted by molar-refractivity contribution is 0.0926. The fraction of sp³-hybridized carbons (Fsp3) is 0.0800. The summed E-state index contributed by atoms with van der Waals surface area (Å²) >= 11 is 0. The Kier molecular flexibility index (Phi) is 5.80. The summed E-state index contributed by atoms with van der Waals surface area (Å²) in [5.74, 6) is -0.0447. The summed E-state index contributed by atoms with van der Waals surface area (Å²) < 4.78 is 19.8. The van der Waals surface area contributed by atoms with E-state index in [1.54, 1.807) is 12.1 Å². The van der Waals surface area contributed by atoms with Crippen molar-refractivity contribution in [3.8, 4) is 0 Å². The first-order chi connectivity index (χ1) is 14.6. The number of benzene rings is 3. The Labute approximate surface area is 176 Å². The van der Waals surface area contributed by atoms with Crippen molar-refractivity contribution in [2.75, 3.05) is 0 Å². The van der Waals surface area contributed by atoms with E-state index >= 15 is 0 Å². The summed E-state index contributed by atoms with van der Waals surface area (Å²) in [7, 11) is -3.33. The van der Waals surface area contributed by atoms with E-state index < -0.39 is 13.3 Å². The third-order valence-electron chi connectivity index (χ3n) is 4.99. The zero-order chi connectivity index (χ0) is 21.0. The van der Waals surface area contributed by atoms with Crippen LogP contribution in [0.5, 0.6) is 0 Å². The predicted octanol–water partition coefficient (Wildman–Crippen LogP) is 5.03. The molecule has 1 atom stereocenters. The van der Waals surface area contributed by atoms with Gasteiger partial charge in [0.25, 0.3) is 0 Å². The van der Waals surface area contributed by atoms with E-state index in [0.29, 0.717) is 10.6 Å². The number of carbonyl (C=O) groups is 1. The lowest BCUT2D eigenvalue weighted by Crippen LogP contribution is -2.34. The van der Waals surface area contributed by atoms with Gasteiger partial charge in [0.2, 0.25) is 13.1 Å². The Morgan fingerprint density at radius 1 is 0.800 bits per heavy atom. The molecule has 1 unspecified atom stereocenters. The van der Waals surface area contributed by atoms with Crippen LogP contribution in [0.2, 0.25) is 0 Å². The highest BCUT2D eigenvalue weighted by atomic mass is 31.2. The Bertz CT molecular complexity index is 1110. The Hall–Kier alpha value is -3.20. The topological polar surface area (TPSA) is 59.3 Å². The fourth-order valence-corrected chi connectivity index (χ4v) is 5.77. The predicted molar refractivity (Wildman–Crippen MR) is 120 cm³/mol. The smallest absolute Gasteiger partial charge is 0.219 e. The molecule has 4 rings (SSSR count). The van der Waals surface area contributed by atoms with E-state index in [1.807, 2.05) is 91.9 Å². The van der Waals surface area contributed by atoms with E-state index in [-0.39, 0.29) is 11.5 Å². The number of carbonyl (C=O) groups excluding carboxylic acids is 1. The van der Waals surface area contributed by atoms with E-state index in [4.69, 9.17) is 4.42 Å². The second-order valence-corrected chi connectivity index (χ2v) is 9.60. The molecule has 5 heteroatoms. The molecule has 4 aromatic rings. The number of aryl methyl sites for hydroxylation is 1. The van der Waals surface area contributed by atoms with Gasteiger partial charge < -0.3 is 4.42 Å². The van der Waals surface area contributed by atoms with Crippen molar-refractivity contribution in [1.82, 2.24) is 5.09 Å². The second kappa shape index (κ2) is 8.66. The minimum atomic E-state index is -3.33. The van der Waals surface area contributed by atoms with Gasteiger partial charge in [0.1, 0.15) is 6.04 Å². The highest BCUT2D eigenvalue weighted by Crippen LogP contribution is 2.42. The summed E-state index contributed by atoms with van der Waals surface area (Å²) in [5.41, 5.74) is 1.81. The van der Waals surface area contributed by atoms with Gasteiger partial charge >= 0.3 is 0 Å². The summed E-state index contributed by atoms with van der Waals surface area (Å²) in [6.07, 6.45) is 1.47. The normalized spacial score (nSPS) is 12.4. The number of furan rings is 1. The highest BCUT2D eigenvalue weighted by molar-refractivity contribution is 7.77. The van der Waals surface area contributed by atoms with Crippen LogP contribution in [0.1, 0.15) is 27.7 Å². The molecule has 0 aliphatic rings. The number of nitrogens with one attached hydrogen (secondary N) is 1. The average molecular weight is 415 g/mol. The van der Waals surface area contributed by atoms with Crippen molar-refractivity contribution in [1.29, 1.82) is 0 Å². The first-order valence-electron chi connectivity index (χ1n) is 9.71. The van der Waals surface area contributed by atoms with Crippen molar-refractivity contribution in [2.45, 2.75) is 13.0 Å². The van der Waals surface area contributed by atoms with Crippen LogP contribution in [0.4, 0.5) is 0 Å². The minimum absolute atomic E-state index is 0.223.